The Hall–Kier alpha value is -1.05. The third kappa shape index (κ3) is 6.22. The van der Waals surface area contributed by atoms with E-state index >= 15 is 0 Å². The van der Waals surface area contributed by atoms with Gasteiger partial charge in [0, 0.05) is 5.69 Å². The van der Waals surface area contributed by atoms with Gasteiger partial charge in [-0.3, -0.25) is 4.79 Å². The highest BCUT2D eigenvalue weighted by Crippen LogP contribution is 2.30. The minimum Gasteiger partial charge on any atom is -0.339 e. The fourth-order valence-corrected chi connectivity index (χ4v) is 3.67. The van der Waals surface area contributed by atoms with Gasteiger partial charge in [-0.1, -0.05) is 72.9 Å². The maximum Gasteiger partial charge on any atom is 0.263 e. The molecule has 0 aliphatic carbocycles. The Kier molecular flexibility index (Phi) is 8.19. The highest BCUT2D eigenvalue weighted by Gasteiger charge is 2.35. The molecule has 1 aromatic carbocycles. The average Bonchev–Trinajstić information content (AvgIpc) is 3.15. The summed E-state index contributed by atoms with van der Waals surface area (Å²) in [5, 5.41) is 10.8. The number of hydrogen-bond donors (Lipinski definition) is 3. The number of thiocarbonyl (C=S) groups is 1. The van der Waals surface area contributed by atoms with Crippen LogP contribution >= 0.6 is 58.4 Å². The Bertz CT molecular complexity index is 769. The monoisotopic (exact) mass is 463 g/mol. The number of amides is 1. The Balaban J connectivity index is 2.14. The Morgan fingerprint density at radius 2 is 1.74 bits per heavy atom. The van der Waals surface area contributed by atoms with Gasteiger partial charge >= 0.3 is 0 Å². The molecule has 2 rings (SSSR count). The Morgan fingerprint density at radius 3 is 2.22 bits per heavy atom. The summed E-state index contributed by atoms with van der Waals surface area (Å²) >= 11 is 24.8. The lowest BCUT2D eigenvalue weighted by Gasteiger charge is -2.28. The molecule has 0 fully saturated rings. The molecule has 2 aromatic rings. The number of alkyl halides is 3. The van der Waals surface area contributed by atoms with E-state index in [4.69, 9.17) is 47.0 Å². The molecule has 1 atom stereocenters. The number of nitrogens with one attached hydrogen (secondary N) is 3. The predicted octanol–water partition coefficient (Wildman–Crippen LogP) is 5.29. The summed E-state index contributed by atoms with van der Waals surface area (Å²) in [4.78, 5) is 12.8. The fraction of sp³-hybridized carbons (Fsp3) is 0.333. The van der Waals surface area contributed by atoms with E-state index in [0.717, 1.165) is 29.7 Å². The number of hydrogen-bond acceptors (Lipinski definition) is 3. The molecule has 0 aliphatic rings. The minimum absolute atomic E-state index is 0.258. The number of carbonyl (C=O) groups excluding carboxylic acids is 1. The van der Waals surface area contributed by atoms with Crippen LogP contribution in [0.2, 0.25) is 0 Å². The second-order valence-corrected chi connectivity index (χ2v) is 9.41. The van der Waals surface area contributed by atoms with Crippen molar-refractivity contribution in [1.29, 1.82) is 0 Å². The molecule has 0 aliphatic heterocycles. The first-order valence-electron chi connectivity index (χ1n) is 8.35. The van der Waals surface area contributed by atoms with Crippen LogP contribution < -0.4 is 16.0 Å². The van der Waals surface area contributed by atoms with Crippen molar-refractivity contribution in [3.05, 3.63) is 51.7 Å². The number of para-hydroxylation sites is 1. The average molecular weight is 465 g/mol. The Labute approximate surface area is 183 Å². The molecule has 146 valence electrons. The molecule has 0 bridgehead atoms. The van der Waals surface area contributed by atoms with Crippen molar-refractivity contribution in [3.8, 4) is 0 Å². The van der Waals surface area contributed by atoms with Crippen LogP contribution in [0.25, 0.3) is 0 Å². The van der Waals surface area contributed by atoms with E-state index in [1.54, 1.807) is 17.5 Å². The number of anilines is 1. The molecule has 9 heteroatoms. The van der Waals surface area contributed by atoms with E-state index in [1.807, 2.05) is 18.2 Å². The smallest absolute Gasteiger partial charge is 0.263 e. The summed E-state index contributed by atoms with van der Waals surface area (Å²) in [6.45, 7) is 4.14. The highest BCUT2D eigenvalue weighted by atomic mass is 35.6. The van der Waals surface area contributed by atoms with Crippen molar-refractivity contribution in [2.24, 2.45) is 0 Å². The maximum absolute atomic E-state index is 12.3. The fourth-order valence-electron chi connectivity index (χ4n) is 2.49. The van der Waals surface area contributed by atoms with Gasteiger partial charge in [-0.15, -0.1) is 11.3 Å². The minimum atomic E-state index is -1.80. The van der Waals surface area contributed by atoms with Gasteiger partial charge in [0.05, 0.1) is 4.88 Å². The van der Waals surface area contributed by atoms with Gasteiger partial charge < -0.3 is 16.0 Å². The molecule has 1 heterocycles. The van der Waals surface area contributed by atoms with Gasteiger partial charge in [-0.25, -0.2) is 0 Å². The van der Waals surface area contributed by atoms with Gasteiger partial charge in [0.25, 0.3) is 5.91 Å². The summed E-state index contributed by atoms with van der Waals surface area (Å²) in [6, 6.07) is 9.56. The number of halogens is 3. The van der Waals surface area contributed by atoms with Crippen LogP contribution in [0.15, 0.2) is 35.7 Å². The van der Waals surface area contributed by atoms with Crippen molar-refractivity contribution in [2.45, 2.75) is 36.6 Å². The topological polar surface area (TPSA) is 53.2 Å². The van der Waals surface area contributed by atoms with Gasteiger partial charge in [-0.05, 0) is 47.6 Å². The van der Waals surface area contributed by atoms with Crippen LogP contribution in [0.1, 0.15) is 34.6 Å². The van der Waals surface area contributed by atoms with E-state index in [2.05, 4.69) is 29.8 Å². The maximum atomic E-state index is 12.3. The summed E-state index contributed by atoms with van der Waals surface area (Å²) in [6.07, 6.45) is 0.694. The van der Waals surface area contributed by atoms with Crippen molar-refractivity contribution < 1.29 is 4.79 Å². The SMILES string of the molecule is CCc1cccc(CC)c1NC(=S)NC(NC(=O)c1cccs1)C(Cl)(Cl)Cl. The van der Waals surface area contributed by atoms with Gasteiger partial charge in [0.1, 0.15) is 6.17 Å². The first-order chi connectivity index (χ1) is 12.8. The zero-order valence-corrected chi connectivity index (χ0v) is 18.7. The molecule has 1 aromatic heterocycles. The number of rotatable bonds is 6. The third-order valence-electron chi connectivity index (χ3n) is 3.86. The lowest BCUT2D eigenvalue weighted by molar-refractivity contribution is 0.0938. The zero-order valence-electron chi connectivity index (χ0n) is 14.8. The number of aryl methyl sites for hydroxylation is 2. The first kappa shape index (κ1) is 22.2. The second kappa shape index (κ2) is 9.94. The van der Waals surface area contributed by atoms with Crippen molar-refractivity contribution >= 4 is 75.1 Å². The molecule has 3 N–H and O–H groups in total. The number of benzene rings is 1. The molecular formula is C18H20Cl3N3OS2. The molecule has 0 radical (unpaired) electrons. The summed E-state index contributed by atoms with van der Waals surface area (Å²) in [5.74, 6) is -0.347. The zero-order chi connectivity index (χ0) is 20.0. The normalized spacial score (nSPS) is 12.3. The van der Waals surface area contributed by atoms with Crippen molar-refractivity contribution in [3.63, 3.8) is 0 Å². The van der Waals surface area contributed by atoms with Crippen molar-refractivity contribution in [1.82, 2.24) is 10.6 Å². The van der Waals surface area contributed by atoms with Gasteiger partial charge in [-0.2, -0.15) is 0 Å². The quantitative estimate of drug-likeness (QED) is 0.309. The van der Waals surface area contributed by atoms with Crippen LogP contribution in [-0.2, 0) is 12.8 Å². The van der Waals surface area contributed by atoms with Crippen molar-refractivity contribution in [2.75, 3.05) is 5.32 Å². The largest absolute Gasteiger partial charge is 0.339 e. The Morgan fingerprint density at radius 1 is 1.11 bits per heavy atom. The molecule has 0 saturated carbocycles. The predicted molar refractivity (Wildman–Crippen MR) is 120 cm³/mol. The standard InChI is InChI=1S/C18H20Cl3N3OS2/c1-3-11-7-5-8-12(4-2)14(11)22-17(26)24-16(18(19,20)21)23-15(25)13-9-6-10-27-13/h5-10,16H,3-4H2,1-2H3,(H,23,25)(H2,22,24,26). The molecule has 27 heavy (non-hydrogen) atoms. The van der Waals surface area contributed by atoms with Crippen LogP contribution in [0.5, 0.6) is 0 Å². The van der Waals surface area contributed by atoms with E-state index in [0.29, 0.717) is 4.88 Å². The van der Waals surface area contributed by atoms with Gasteiger partial charge in [0.15, 0.2) is 5.11 Å². The summed E-state index contributed by atoms with van der Waals surface area (Å²) in [7, 11) is 0. The van der Waals surface area contributed by atoms with Crippen LogP contribution in [0, 0.1) is 0 Å². The molecule has 0 saturated heterocycles. The first-order valence-corrected chi connectivity index (χ1v) is 10.8. The molecule has 1 unspecified atom stereocenters. The lowest BCUT2D eigenvalue weighted by Crippen LogP contribution is -2.56. The molecular weight excluding hydrogens is 445 g/mol. The van der Waals surface area contributed by atoms with Crippen LogP contribution in [0.3, 0.4) is 0 Å². The molecule has 1 amide bonds. The summed E-state index contributed by atoms with van der Waals surface area (Å²) < 4.78 is -1.80. The van der Waals surface area contributed by atoms with E-state index < -0.39 is 9.96 Å². The van der Waals surface area contributed by atoms with Gasteiger partial charge in [0.2, 0.25) is 3.79 Å². The van der Waals surface area contributed by atoms with Crippen LogP contribution in [-0.4, -0.2) is 21.0 Å². The molecule has 0 spiro atoms. The van der Waals surface area contributed by atoms with Crippen LogP contribution in [0.4, 0.5) is 5.69 Å². The number of carbonyl (C=O) groups is 1. The van der Waals surface area contributed by atoms with E-state index in [-0.39, 0.29) is 11.0 Å². The second-order valence-electron chi connectivity index (χ2n) is 5.68. The number of thiophene rings is 1. The molecule has 4 nitrogen and oxygen atoms in total. The third-order valence-corrected chi connectivity index (χ3v) is 5.60. The summed E-state index contributed by atoms with van der Waals surface area (Å²) in [5.41, 5.74) is 3.20. The highest BCUT2D eigenvalue weighted by molar-refractivity contribution is 7.80. The van der Waals surface area contributed by atoms with E-state index in [1.165, 1.54) is 11.3 Å². The lowest BCUT2D eigenvalue weighted by atomic mass is 10.0. The van der Waals surface area contributed by atoms with E-state index in [9.17, 15) is 4.79 Å².